The zero-order valence-corrected chi connectivity index (χ0v) is 11.9. The summed E-state index contributed by atoms with van der Waals surface area (Å²) in [4.78, 5) is 11.9. The second kappa shape index (κ2) is 5.19. The third-order valence-corrected chi connectivity index (χ3v) is 3.02. The Morgan fingerprint density at radius 1 is 1.29 bits per heavy atom. The van der Waals surface area contributed by atoms with Crippen LogP contribution in [0.3, 0.4) is 0 Å². The van der Waals surface area contributed by atoms with Gasteiger partial charge in [0.25, 0.3) is 0 Å². The molecule has 0 heterocycles. The minimum atomic E-state index is -0.761. The van der Waals surface area contributed by atoms with Gasteiger partial charge in [-0.05, 0) is 26.3 Å². The quantitative estimate of drug-likeness (QED) is 0.837. The fourth-order valence-electron chi connectivity index (χ4n) is 1.41. The molecule has 0 saturated heterocycles. The standard InChI is InChI=1S/C13H18BrNO2/c1-12(2,14)11(17)15-13(3,9-16)10-7-5-4-6-8-10/h4-8,16H,9H2,1-3H3,(H,15,17). The van der Waals surface area contributed by atoms with Crippen molar-refractivity contribution in [2.24, 2.45) is 0 Å². The summed E-state index contributed by atoms with van der Waals surface area (Å²) in [7, 11) is 0. The largest absolute Gasteiger partial charge is 0.394 e. The van der Waals surface area contributed by atoms with Crippen LogP contribution in [-0.4, -0.2) is 21.9 Å². The van der Waals surface area contributed by atoms with Gasteiger partial charge >= 0.3 is 0 Å². The Bertz CT molecular complexity index is 386. The maximum atomic E-state index is 11.9. The molecule has 0 aliphatic heterocycles. The molecule has 0 radical (unpaired) electrons. The monoisotopic (exact) mass is 299 g/mol. The third kappa shape index (κ3) is 3.54. The van der Waals surface area contributed by atoms with Crippen LogP contribution in [0.2, 0.25) is 0 Å². The Morgan fingerprint density at radius 3 is 2.24 bits per heavy atom. The first-order valence-electron chi connectivity index (χ1n) is 5.47. The average molecular weight is 300 g/mol. The van der Waals surface area contributed by atoms with Gasteiger partial charge in [0.1, 0.15) is 0 Å². The molecule has 2 N–H and O–H groups in total. The van der Waals surface area contributed by atoms with Crippen LogP contribution < -0.4 is 5.32 Å². The molecule has 1 atom stereocenters. The molecule has 3 nitrogen and oxygen atoms in total. The van der Waals surface area contributed by atoms with Gasteiger partial charge in [-0.3, -0.25) is 4.79 Å². The smallest absolute Gasteiger partial charge is 0.237 e. The minimum absolute atomic E-state index is 0.147. The number of rotatable bonds is 4. The third-order valence-electron chi connectivity index (χ3n) is 2.66. The Hall–Kier alpha value is -0.870. The lowest BCUT2D eigenvalue weighted by molar-refractivity contribution is -0.125. The molecular weight excluding hydrogens is 282 g/mol. The summed E-state index contributed by atoms with van der Waals surface area (Å²) in [6.45, 7) is 5.20. The van der Waals surface area contributed by atoms with Crippen LogP contribution in [0.1, 0.15) is 26.3 Å². The van der Waals surface area contributed by atoms with Crippen LogP contribution in [0.25, 0.3) is 0 Å². The number of amides is 1. The van der Waals surface area contributed by atoms with E-state index in [9.17, 15) is 9.90 Å². The van der Waals surface area contributed by atoms with Gasteiger partial charge in [-0.2, -0.15) is 0 Å². The fraction of sp³-hybridized carbons (Fsp3) is 0.462. The number of aliphatic hydroxyl groups is 1. The zero-order chi connectivity index (χ0) is 13.1. The number of halogens is 1. The summed E-state index contributed by atoms with van der Waals surface area (Å²) in [6.07, 6.45) is 0. The second-order valence-corrected chi connectivity index (χ2v) is 6.77. The van der Waals surface area contributed by atoms with Crippen molar-refractivity contribution in [2.75, 3.05) is 6.61 Å². The first-order chi connectivity index (χ1) is 7.79. The van der Waals surface area contributed by atoms with Crippen LogP contribution >= 0.6 is 15.9 Å². The average Bonchev–Trinajstić information content (AvgIpc) is 2.28. The van der Waals surface area contributed by atoms with E-state index < -0.39 is 9.86 Å². The van der Waals surface area contributed by atoms with Gasteiger partial charge in [0.05, 0.1) is 16.5 Å². The number of aliphatic hydroxyl groups excluding tert-OH is 1. The van der Waals surface area contributed by atoms with E-state index in [-0.39, 0.29) is 12.5 Å². The number of hydrogen-bond acceptors (Lipinski definition) is 2. The molecule has 1 rings (SSSR count). The Labute approximate surface area is 110 Å². The summed E-state index contributed by atoms with van der Waals surface area (Å²) in [6, 6.07) is 9.44. The molecule has 4 heteroatoms. The van der Waals surface area contributed by atoms with Gasteiger partial charge in [-0.15, -0.1) is 0 Å². The minimum Gasteiger partial charge on any atom is -0.394 e. The molecule has 1 amide bonds. The summed E-state index contributed by atoms with van der Waals surface area (Å²) < 4.78 is -0.655. The number of hydrogen-bond donors (Lipinski definition) is 2. The molecule has 1 aromatic rings. The second-order valence-electron chi connectivity index (χ2n) is 4.78. The number of benzene rings is 1. The summed E-state index contributed by atoms with van der Waals surface area (Å²) in [5.41, 5.74) is 0.122. The fourth-order valence-corrected chi connectivity index (χ4v) is 1.51. The molecule has 17 heavy (non-hydrogen) atoms. The summed E-state index contributed by atoms with van der Waals surface area (Å²) in [5, 5.41) is 12.4. The molecule has 0 saturated carbocycles. The first kappa shape index (κ1) is 14.2. The normalized spacial score (nSPS) is 15.1. The topological polar surface area (TPSA) is 49.3 Å². The van der Waals surface area contributed by atoms with Crippen LogP contribution in [0.4, 0.5) is 0 Å². The van der Waals surface area contributed by atoms with E-state index in [0.29, 0.717) is 0 Å². The predicted molar refractivity (Wildman–Crippen MR) is 72.0 cm³/mol. The van der Waals surface area contributed by atoms with E-state index in [4.69, 9.17) is 0 Å². The number of alkyl halides is 1. The highest BCUT2D eigenvalue weighted by Crippen LogP contribution is 2.23. The van der Waals surface area contributed by atoms with E-state index in [0.717, 1.165) is 5.56 Å². The maximum Gasteiger partial charge on any atom is 0.237 e. The lowest BCUT2D eigenvalue weighted by atomic mass is 9.92. The van der Waals surface area contributed by atoms with Gasteiger partial charge in [-0.1, -0.05) is 46.3 Å². The van der Waals surface area contributed by atoms with Gasteiger partial charge in [0.2, 0.25) is 5.91 Å². The van der Waals surface area contributed by atoms with Crippen LogP contribution in [0.15, 0.2) is 30.3 Å². The number of carbonyl (C=O) groups is 1. The van der Waals surface area contributed by atoms with E-state index in [1.807, 2.05) is 30.3 Å². The van der Waals surface area contributed by atoms with Crippen molar-refractivity contribution in [2.45, 2.75) is 30.6 Å². The van der Waals surface area contributed by atoms with Crippen molar-refractivity contribution >= 4 is 21.8 Å². The molecule has 0 aliphatic carbocycles. The highest BCUT2D eigenvalue weighted by atomic mass is 79.9. The highest BCUT2D eigenvalue weighted by Gasteiger charge is 2.33. The van der Waals surface area contributed by atoms with Crippen molar-refractivity contribution in [3.05, 3.63) is 35.9 Å². The molecule has 0 bridgehead atoms. The summed E-state index contributed by atoms with van der Waals surface area (Å²) in [5.74, 6) is -0.155. The Morgan fingerprint density at radius 2 is 1.82 bits per heavy atom. The Balaban J connectivity index is 2.95. The number of carbonyl (C=O) groups excluding carboxylic acids is 1. The van der Waals surface area contributed by atoms with Gasteiger partial charge in [-0.25, -0.2) is 0 Å². The molecule has 1 unspecified atom stereocenters. The van der Waals surface area contributed by atoms with Crippen LogP contribution in [-0.2, 0) is 10.3 Å². The maximum absolute atomic E-state index is 11.9. The van der Waals surface area contributed by atoms with Gasteiger partial charge < -0.3 is 10.4 Å². The molecule has 0 aromatic heterocycles. The molecule has 94 valence electrons. The van der Waals surface area contributed by atoms with E-state index in [2.05, 4.69) is 21.2 Å². The van der Waals surface area contributed by atoms with Gasteiger partial charge in [0.15, 0.2) is 0 Å². The Kier molecular flexibility index (Phi) is 4.33. The lowest BCUT2D eigenvalue weighted by Crippen LogP contribution is -2.51. The van der Waals surface area contributed by atoms with Crippen molar-refractivity contribution < 1.29 is 9.90 Å². The van der Waals surface area contributed by atoms with E-state index in [1.165, 1.54) is 0 Å². The molecule has 0 fully saturated rings. The van der Waals surface area contributed by atoms with E-state index in [1.54, 1.807) is 20.8 Å². The number of nitrogens with one attached hydrogen (secondary N) is 1. The van der Waals surface area contributed by atoms with Crippen molar-refractivity contribution in [3.63, 3.8) is 0 Å². The van der Waals surface area contributed by atoms with E-state index >= 15 is 0 Å². The SMILES string of the molecule is CC(C)(Br)C(=O)NC(C)(CO)c1ccccc1. The molecular formula is C13H18BrNO2. The summed E-state index contributed by atoms with van der Waals surface area (Å²) >= 11 is 3.30. The van der Waals surface area contributed by atoms with Crippen LogP contribution in [0.5, 0.6) is 0 Å². The molecule has 0 aliphatic rings. The molecule has 1 aromatic carbocycles. The zero-order valence-electron chi connectivity index (χ0n) is 10.3. The van der Waals surface area contributed by atoms with Crippen molar-refractivity contribution in [1.29, 1.82) is 0 Å². The first-order valence-corrected chi connectivity index (χ1v) is 6.27. The lowest BCUT2D eigenvalue weighted by Gasteiger charge is -2.32. The van der Waals surface area contributed by atoms with Gasteiger partial charge in [0, 0.05) is 0 Å². The van der Waals surface area contributed by atoms with Crippen molar-refractivity contribution in [1.82, 2.24) is 5.32 Å². The van der Waals surface area contributed by atoms with Crippen LogP contribution in [0, 0.1) is 0 Å². The van der Waals surface area contributed by atoms with Crippen molar-refractivity contribution in [3.8, 4) is 0 Å². The predicted octanol–water partition coefficient (Wildman–Crippen LogP) is 2.18. The molecule has 0 spiro atoms. The highest BCUT2D eigenvalue weighted by molar-refractivity contribution is 9.10.